The van der Waals surface area contributed by atoms with Gasteiger partial charge in [-0.25, -0.2) is 13.4 Å². The van der Waals surface area contributed by atoms with Crippen molar-refractivity contribution in [3.05, 3.63) is 111 Å². The summed E-state index contributed by atoms with van der Waals surface area (Å²) in [6.45, 7) is 2.95. The zero-order chi connectivity index (χ0) is 29.0. The fourth-order valence-corrected chi connectivity index (χ4v) is 5.90. The predicted molar refractivity (Wildman–Crippen MR) is 161 cm³/mol. The van der Waals surface area contributed by atoms with Gasteiger partial charge in [0.15, 0.2) is 0 Å². The third-order valence-electron chi connectivity index (χ3n) is 6.51. The molecular weight excluding hydrogens is 607 g/mol. The van der Waals surface area contributed by atoms with Crippen LogP contribution in [0.2, 0.25) is 15.2 Å². The van der Waals surface area contributed by atoms with Gasteiger partial charge in [-0.1, -0.05) is 53.0 Å². The van der Waals surface area contributed by atoms with Crippen molar-refractivity contribution in [3.8, 4) is 11.5 Å². The first-order valence-corrected chi connectivity index (χ1v) is 15.3. The van der Waals surface area contributed by atoms with Crippen LogP contribution in [0.25, 0.3) is 0 Å². The van der Waals surface area contributed by atoms with Crippen LogP contribution in [0, 0.1) is 0 Å². The number of anilines is 1. The van der Waals surface area contributed by atoms with Gasteiger partial charge in [0.25, 0.3) is 15.9 Å². The number of hydrogen-bond acceptors (Lipinski definition) is 6. The molecule has 1 amide bonds. The lowest BCUT2D eigenvalue weighted by Crippen LogP contribution is -2.48. The molecule has 1 aliphatic rings. The SMILES string of the molecule is O=C(c1cc(Cl)ccc1NS(=O)(=O)c1ccc(Oc2ccccc2Cl)cc1)N1CCN(Cc2ccc(Cl)nc2)CC1. The average Bonchev–Trinajstić information content (AvgIpc) is 2.97. The minimum absolute atomic E-state index is 0.00246. The molecule has 0 saturated carbocycles. The van der Waals surface area contributed by atoms with E-state index in [0.29, 0.717) is 59.4 Å². The molecule has 8 nitrogen and oxygen atoms in total. The molecule has 5 rings (SSSR count). The predicted octanol–water partition coefficient (Wildman–Crippen LogP) is 6.59. The second kappa shape index (κ2) is 12.7. The molecule has 0 atom stereocenters. The Hall–Kier alpha value is -3.34. The van der Waals surface area contributed by atoms with Crippen LogP contribution in [-0.2, 0) is 16.6 Å². The number of nitrogens with one attached hydrogen (secondary N) is 1. The van der Waals surface area contributed by atoms with Crippen molar-refractivity contribution in [1.29, 1.82) is 0 Å². The van der Waals surface area contributed by atoms with Crippen molar-refractivity contribution in [2.45, 2.75) is 11.4 Å². The first-order chi connectivity index (χ1) is 19.7. The number of benzene rings is 3. The van der Waals surface area contributed by atoms with Gasteiger partial charge >= 0.3 is 0 Å². The average molecular weight is 632 g/mol. The molecule has 1 saturated heterocycles. The summed E-state index contributed by atoms with van der Waals surface area (Å²) in [6, 6.07) is 21.1. The molecule has 2 heterocycles. The molecule has 212 valence electrons. The second-order valence-electron chi connectivity index (χ2n) is 9.36. The molecule has 1 fully saturated rings. The molecule has 1 aromatic heterocycles. The maximum Gasteiger partial charge on any atom is 0.261 e. The molecular formula is C29H25Cl3N4O4S. The van der Waals surface area contributed by atoms with Crippen LogP contribution in [0.3, 0.4) is 0 Å². The minimum atomic E-state index is -4.03. The van der Waals surface area contributed by atoms with Gasteiger partial charge in [-0.3, -0.25) is 14.4 Å². The number of para-hydroxylation sites is 1. The first-order valence-electron chi connectivity index (χ1n) is 12.6. The fourth-order valence-electron chi connectivity index (χ4n) is 4.36. The Kier molecular flexibility index (Phi) is 9.01. The van der Waals surface area contributed by atoms with Crippen LogP contribution < -0.4 is 9.46 Å². The Balaban J connectivity index is 1.26. The van der Waals surface area contributed by atoms with Crippen LogP contribution in [-0.4, -0.2) is 55.3 Å². The number of carbonyl (C=O) groups excluding carboxylic acids is 1. The van der Waals surface area contributed by atoms with Gasteiger partial charge in [-0.2, -0.15) is 0 Å². The number of nitrogens with zero attached hydrogens (tertiary/aromatic N) is 3. The quantitative estimate of drug-likeness (QED) is 0.221. The zero-order valence-electron chi connectivity index (χ0n) is 21.6. The van der Waals surface area contributed by atoms with Gasteiger partial charge in [-0.05, 0) is 66.2 Å². The number of piperazine rings is 1. The number of amides is 1. The topological polar surface area (TPSA) is 91.8 Å². The van der Waals surface area contributed by atoms with Gasteiger partial charge in [-0.15, -0.1) is 0 Å². The molecule has 41 heavy (non-hydrogen) atoms. The summed E-state index contributed by atoms with van der Waals surface area (Å²) in [5.74, 6) is 0.572. The van der Waals surface area contributed by atoms with E-state index in [2.05, 4.69) is 14.6 Å². The number of pyridine rings is 1. The summed E-state index contributed by atoms with van der Waals surface area (Å²) in [5.41, 5.74) is 1.35. The van der Waals surface area contributed by atoms with Crippen LogP contribution >= 0.6 is 34.8 Å². The van der Waals surface area contributed by atoms with Crippen LogP contribution in [0.4, 0.5) is 5.69 Å². The molecule has 0 radical (unpaired) electrons. The van der Waals surface area contributed by atoms with Crippen molar-refractivity contribution in [3.63, 3.8) is 0 Å². The van der Waals surface area contributed by atoms with Crippen molar-refractivity contribution >= 4 is 56.4 Å². The molecule has 0 bridgehead atoms. The number of hydrogen-bond donors (Lipinski definition) is 1. The maximum atomic E-state index is 13.5. The lowest BCUT2D eigenvalue weighted by Gasteiger charge is -2.35. The summed E-state index contributed by atoms with van der Waals surface area (Å²) in [7, 11) is -4.03. The van der Waals surface area contributed by atoms with Gasteiger partial charge < -0.3 is 9.64 Å². The number of carbonyl (C=O) groups is 1. The molecule has 1 N–H and O–H groups in total. The number of aromatic nitrogens is 1. The Morgan fingerprint density at radius 3 is 2.32 bits per heavy atom. The van der Waals surface area contributed by atoms with E-state index in [1.54, 1.807) is 41.4 Å². The highest BCUT2D eigenvalue weighted by molar-refractivity contribution is 7.92. The molecule has 0 aliphatic carbocycles. The molecule has 4 aromatic rings. The molecule has 3 aromatic carbocycles. The van der Waals surface area contributed by atoms with E-state index < -0.39 is 10.0 Å². The molecule has 0 spiro atoms. The number of ether oxygens (including phenoxy) is 1. The second-order valence-corrected chi connectivity index (χ2v) is 12.3. The highest BCUT2D eigenvalue weighted by Crippen LogP contribution is 2.30. The molecule has 0 unspecified atom stereocenters. The summed E-state index contributed by atoms with van der Waals surface area (Å²) in [4.78, 5) is 21.5. The zero-order valence-corrected chi connectivity index (χ0v) is 24.7. The first kappa shape index (κ1) is 29.2. The van der Waals surface area contributed by atoms with E-state index in [9.17, 15) is 13.2 Å². The van der Waals surface area contributed by atoms with Crippen molar-refractivity contribution in [2.75, 3.05) is 30.9 Å². The lowest BCUT2D eigenvalue weighted by atomic mass is 10.1. The smallest absolute Gasteiger partial charge is 0.261 e. The summed E-state index contributed by atoms with van der Waals surface area (Å²) in [5, 5.41) is 1.20. The minimum Gasteiger partial charge on any atom is -0.456 e. The maximum absolute atomic E-state index is 13.5. The standard InChI is InChI=1S/C29H25Cl3N4O4S/c30-21-6-11-26(34-41(38,39)23-9-7-22(8-10-23)40-27-4-2-1-3-25(27)31)24(17-21)29(37)36-15-13-35(14-16-36)19-20-5-12-28(32)33-18-20/h1-12,17-18,34H,13-16,19H2. The van der Waals surface area contributed by atoms with E-state index in [1.165, 1.54) is 42.5 Å². The number of rotatable bonds is 8. The lowest BCUT2D eigenvalue weighted by molar-refractivity contribution is 0.0629. The summed E-state index contributed by atoms with van der Waals surface area (Å²) < 4.78 is 34.8. The summed E-state index contributed by atoms with van der Waals surface area (Å²) in [6.07, 6.45) is 1.74. The van der Waals surface area contributed by atoms with Crippen LogP contribution in [0.1, 0.15) is 15.9 Å². The Morgan fingerprint density at radius 2 is 1.63 bits per heavy atom. The van der Waals surface area contributed by atoms with Crippen LogP contribution in [0.15, 0.2) is 90.0 Å². The Labute approximate surface area is 253 Å². The largest absolute Gasteiger partial charge is 0.456 e. The third-order valence-corrected chi connectivity index (χ3v) is 8.66. The van der Waals surface area contributed by atoms with E-state index >= 15 is 0 Å². The van der Waals surface area contributed by atoms with Gasteiger partial charge in [0.1, 0.15) is 16.7 Å². The highest BCUT2D eigenvalue weighted by Gasteiger charge is 2.26. The van der Waals surface area contributed by atoms with Gasteiger partial charge in [0.05, 0.1) is 21.2 Å². The Bertz CT molecular complexity index is 1640. The van der Waals surface area contributed by atoms with E-state index in [-0.39, 0.29) is 22.1 Å². The van der Waals surface area contributed by atoms with E-state index in [1.807, 2.05) is 6.07 Å². The normalized spacial score (nSPS) is 14.1. The van der Waals surface area contributed by atoms with Crippen LogP contribution in [0.5, 0.6) is 11.5 Å². The van der Waals surface area contributed by atoms with Gasteiger partial charge in [0, 0.05) is 43.9 Å². The van der Waals surface area contributed by atoms with Crippen molar-refractivity contribution < 1.29 is 17.9 Å². The van der Waals surface area contributed by atoms with Crippen molar-refractivity contribution in [1.82, 2.24) is 14.8 Å². The third kappa shape index (κ3) is 7.30. The molecule has 12 heteroatoms. The molecule has 1 aliphatic heterocycles. The number of sulfonamides is 1. The fraction of sp³-hybridized carbons (Fsp3) is 0.172. The Morgan fingerprint density at radius 1 is 0.902 bits per heavy atom. The highest BCUT2D eigenvalue weighted by atomic mass is 35.5. The van der Waals surface area contributed by atoms with E-state index in [0.717, 1.165) is 5.56 Å². The monoisotopic (exact) mass is 630 g/mol. The van der Waals surface area contributed by atoms with Gasteiger partial charge in [0.2, 0.25) is 0 Å². The van der Waals surface area contributed by atoms with Crippen molar-refractivity contribution in [2.24, 2.45) is 0 Å². The number of halogens is 3. The van der Waals surface area contributed by atoms with E-state index in [4.69, 9.17) is 39.5 Å². The summed E-state index contributed by atoms with van der Waals surface area (Å²) >= 11 is 18.2.